The monoisotopic (exact) mass is 366 g/mol. The molecule has 1 fully saturated rings. The molecule has 0 radical (unpaired) electrons. The fourth-order valence-electron chi connectivity index (χ4n) is 3.86. The second-order valence-electron chi connectivity index (χ2n) is 7.75. The van der Waals surface area contributed by atoms with Crippen molar-refractivity contribution in [3.63, 3.8) is 0 Å². The first kappa shape index (κ1) is 17.8. The molecule has 1 amide bonds. The van der Waals surface area contributed by atoms with Gasteiger partial charge in [0.05, 0.1) is 6.42 Å². The number of para-hydroxylation sites is 1. The average molecular weight is 366 g/mol. The number of aromatic nitrogens is 3. The van der Waals surface area contributed by atoms with Crippen LogP contribution in [0.5, 0.6) is 0 Å². The van der Waals surface area contributed by atoms with Gasteiger partial charge in [-0.25, -0.2) is 0 Å². The van der Waals surface area contributed by atoms with Gasteiger partial charge in [0.15, 0.2) is 0 Å². The van der Waals surface area contributed by atoms with Gasteiger partial charge in [-0.05, 0) is 24.5 Å². The minimum absolute atomic E-state index is 0.193. The maximum Gasteiger partial charge on any atom is 0.227 e. The number of aryl methyl sites for hydroxylation is 1. The molecule has 3 heterocycles. The van der Waals surface area contributed by atoms with Crippen LogP contribution in [0.4, 0.5) is 0 Å². The molecule has 0 unspecified atom stereocenters. The van der Waals surface area contributed by atoms with Gasteiger partial charge in [-0.15, -0.1) is 10.2 Å². The third-order valence-corrected chi connectivity index (χ3v) is 5.47. The maximum atomic E-state index is 12.8. The predicted octanol–water partition coefficient (Wildman–Crippen LogP) is 3.63. The molecule has 1 aliphatic rings. The molecule has 3 aromatic rings. The molecular weight excluding hydrogens is 340 g/mol. The molecule has 142 valence electrons. The number of nitrogens with zero attached hydrogens (tertiary/aromatic N) is 4. The molecule has 6 nitrogen and oxygen atoms in total. The maximum absolute atomic E-state index is 12.8. The third-order valence-electron chi connectivity index (χ3n) is 5.47. The Balaban J connectivity index is 1.39. The topological polar surface area (TPSA) is 64.2 Å². The Labute approximate surface area is 159 Å². The summed E-state index contributed by atoms with van der Waals surface area (Å²) in [5, 5.41) is 9.51. The summed E-state index contributed by atoms with van der Waals surface area (Å²) in [6.07, 6.45) is 4.27. The number of hydrogen-bond acceptors (Lipinski definition) is 4. The van der Waals surface area contributed by atoms with E-state index in [1.807, 2.05) is 37.9 Å². The first-order valence-electron chi connectivity index (χ1n) is 9.67. The van der Waals surface area contributed by atoms with Crippen LogP contribution in [-0.2, 0) is 18.3 Å². The Bertz CT molecular complexity index is 948. The second kappa shape index (κ2) is 7.18. The van der Waals surface area contributed by atoms with Gasteiger partial charge in [0.1, 0.15) is 0 Å². The number of likely N-dealkylation sites (tertiary alicyclic amines) is 1. The zero-order valence-electron chi connectivity index (χ0n) is 16.2. The zero-order chi connectivity index (χ0) is 19.0. The van der Waals surface area contributed by atoms with Gasteiger partial charge in [-0.1, -0.05) is 32.0 Å². The van der Waals surface area contributed by atoms with Crippen LogP contribution in [0.2, 0.25) is 0 Å². The van der Waals surface area contributed by atoms with E-state index in [4.69, 9.17) is 4.42 Å². The van der Waals surface area contributed by atoms with E-state index in [0.717, 1.165) is 48.3 Å². The minimum atomic E-state index is 0.193. The molecule has 0 N–H and O–H groups in total. The van der Waals surface area contributed by atoms with E-state index in [1.54, 1.807) is 0 Å². The highest BCUT2D eigenvalue weighted by Crippen LogP contribution is 2.29. The Morgan fingerprint density at radius 1 is 1.22 bits per heavy atom. The van der Waals surface area contributed by atoms with Crippen molar-refractivity contribution in [1.82, 2.24) is 19.7 Å². The summed E-state index contributed by atoms with van der Waals surface area (Å²) in [4.78, 5) is 14.8. The van der Waals surface area contributed by atoms with Crippen LogP contribution >= 0.6 is 0 Å². The van der Waals surface area contributed by atoms with Crippen molar-refractivity contribution in [2.45, 2.75) is 44.9 Å². The van der Waals surface area contributed by atoms with E-state index in [0.29, 0.717) is 12.3 Å². The van der Waals surface area contributed by atoms with Crippen LogP contribution in [-0.4, -0.2) is 38.7 Å². The highest BCUT2D eigenvalue weighted by Gasteiger charge is 2.28. The fraction of sp³-hybridized carbons (Fsp3) is 0.476. The summed E-state index contributed by atoms with van der Waals surface area (Å²) in [5.74, 6) is 2.11. The molecule has 0 spiro atoms. The summed E-state index contributed by atoms with van der Waals surface area (Å²) >= 11 is 0. The van der Waals surface area contributed by atoms with Gasteiger partial charge in [0.25, 0.3) is 0 Å². The lowest BCUT2D eigenvalue weighted by atomic mass is 9.96. The zero-order valence-corrected chi connectivity index (χ0v) is 16.2. The summed E-state index contributed by atoms with van der Waals surface area (Å²) in [6, 6.07) is 8.23. The van der Waals surface area contributed by atoms with Crippen molar-refractivity contribution < 1.29 is 9.21 Å². The molecule has 1 saturated heterocycles. The second-order valence-corrected chi connectivity index (χ2v) is 7.75. The number of piperidine rings is 1. The summed E-state index contributed by atoms with van der Waals surface area (Å²) < 4.78 is 7.89. The molecule has 4 rings (SSSR count). The highest BCUT2D eigenvalue weighted by atomic mass is 16.4. The minimum Gasteiger partial charge on any atom is -0.425 e. The van der Waals surface area contributed by atoms with Crippen LogP contribution in [0.1, 0.15) is 55.9 Å². The summed E-state index contributed by atoms with van der Waals surface area (Å²) in [7, 11) is 2.03. The summed E-state index contributed by atoms with van der Waals surface area (Å²) in [6.45, 7) is 5.58. The van der Waals surface area contributed by atoms with Crippen molar-refractivity contribution in [1.29, 1.82) is 0 Å². The molecular formula is C21H26N4O2. The highest BCUT2D eigenvalue weighted by molar-refractivity contribution is 5.89. The van der Waals surface area contributed by atoms with Crippen molar-refractivity contribution >= 4 is 16.8 Å². The van der Waals surface area contributed by atoms with E-state index in [9.17, 15) is 4.79 Å². The van der Waals surface area contributed by atoms with Crippen LogP contribution in [0.3, 0.4) is 0 Å². The molecule has 1 aliphatic heterocycles. The molecule has 6 heteroatoms. The molecule has 0 aliphatic carbocycles. The lowest BCUT2D eigenvalue weighted by Crippen LogP contribution is -2.38. The normalized spacial score (nSPS) is 15.8. The fourth-order valence-corrected chi connectivity index (χ4v) is 3.86. The van der Waals surface area contributed by atoms with Gasteiger partial charge >= 0.3 is 0 Å². The van der Waals surface area contributed by atoms with Gasteiger partial charge < -0.3 is 13.9 Å². The van der Waals surface area contributed by atoms with Crippen molar-refractivity contribution in [3.8, 4) is 0 Å². The Morgan fingerprint density at radius 2 is 1.96 bits per heavy atom. The lowest BCUT2D eigenvalue weighted by molar-refractivity contribution is -0.131. The molecule has 1 aromatic carbocycles. The summed E-state index contributed by atoms with van der Waals surface area (Å²) in [5.41, 5.74) is 2.26. The van der Waals surface area contributed by atoms with E-state index in [2.05, 4.69) is 33.1 Å². The quantitative estimate of drug-likeness (QED) is 0.707. The Morgan fingerprint density at radius 3 is 2.67 bits per heavy atom. The van der Waals surface area contributed by atoms with E-state index < -0.39 is 0 Å². The standard InChI is InChI=1S/C21H26N4O2/c1-14(2)20-22-23-21(27-20)15-8-10-25(11-9-15)19(26)12-16-13-24(3)18-7-5-4-6-17(16)18/h4-7,13-15H,8-12H2,1-3H3. The molecule has 0 saturated carbocycles. The number of carbonyl (C=O) groups excluding carboxylic acids is 1. The van der Waals surface area contributed by atoms with Crippen LogP contribution < -0.4 is 0 Å². The number of rotatable bonds is 4. The predicted molar refractivity (Wildman–Crippen MR) is 104 cm³/mol. The van der Waals surface area contributed by atoms with Gasteiger partial charge in [0.2, 0.25) is 17.7 Å². The van der Waals surface area contributed by atoms with E-state index >= 15 is 0 Å². The van der Waals surface area contributed by atoms with E-state index in [-0.39, 0.29) is 17.7 Å². The first-order chi connectivity index (χ1) is 13.0. The number of benzene rings is 1. The number of carbonyl (C=O) groups is 1. The number of amides is 1. The average Bonchev–Trinajstić information content (AvgIpc) is 3.28. The van der Waals surface area contributed by atoms with Crippen molar-refractivity contribution in [2.24, 2.45) is 7.05 Å². The van der Waals surface area contributed by atoms with E-state index in [1.165, 1.54) is 0 Å². The molecule has 0 atom stereocenters. The van der Waals surface area contributed by atoms with Crippen molar-refractivity contribution in [2.75, 3.05) is 13.1 Å². The molecule has 27 heavy (non-hydrogen) atoms. The number of hydrogen-bond donors (Lipinski definition) is 0. The van der Waals surface area contributed by atoms with Crippen LogP contribution in [0.25, 0.3) is 10.9 Å². The largest absolute Gasteiger partial charge is 0.425 e. The van der Waals surface area contributed by atoms with Crippen LogP contribution in [0.15, 0.2) is 34.9 Å². The van der Waals surface area contributed by atoms with Gasteiger partial charge in [-0.3, -0.25) is 4.79 Å². The SMILES string of the molecule is CC(C)c1nnc(C2CCN(C(=O)Cc3cn(C)c4ccccc34)CC2)o1. The van der Waals surface area contributed by atoms with Crippen molar-refractivity contribution in [3.05, 3.63) is 47.8 Å². The first-order valence-corrected chi connectivity index (χ1v) is 9.67. The smallest absolute Gasteiger partial charge is 0.227 e. The van der Waals surface area contributed by atoms with Crippen LogP contribution in [0, 0.1) is 0 Å². The third kappa shape index (κ3) is 3.48. The van der Waals surface area contributed by atoms with Gasteiger partial charge in [0, 0.05) is 49.1 Å². The Hall–Kier alpha value is -2.63. The molecule has 2 aromatic heterocycles. The number of fused-ring (bicyclic) bond motifs is 1. The molecule has 0 bridgehead atoms. The van der Waals surface area contributed by atoms with Gasteiger partial charge in [-0.2, -0.15) is 0 Å². The lowest BCUT2D eigenvalue weighted by Gasteiger charge is -2.30. The Kier molecular flexibility index (Phi) is 4.72.